The van der Waals surface area contributed by atoms with Crippen molar-refractivity contribution in [1.29, 1.82) is 0 Å². The molecular weight excluding hydrogens is 324 g/mol. The van der Waals surface area contributed by atoms with Gasteiger partial charge in [-0.15, -0.1) is 0 Å². The van der Waals surface area contributed by atoms with Crippen LogP contribution in [0.25, 0.3) is 5.57 Å². The Labute approximate surface area is 164 Å². The highest BCUT2D eigenvalue weighted by Crippen LogP contribution is 2.38. The molecule has 0 heteroatoms. The van der Waals surface area contributed by atoms with Gasteiger partial charge in [0.15, 0.2) is 0 Å². The van der Waals surface area contributed by atoms with Gasteiger partial charge in [0.05, 0.1) is 0 Å². The van der Waals surface area contributed by atoms with Crippen molar-refractivity contribution in [1.82, 2.24) is 0 Å². The van der Waals surface area contributed by atoms with Crippen molar-refractivity contribution in [3.8, 4) is 0 Å². The lowest BCUT2D eigenvalue weighted by Crippen LogP contribution is -2.07. The molecule has 0 nitrogen and oxygen atoms in total. The van der Waals surface area contributed by atoms with E-state index >= 15 is 0 Å². The first-order valence-electron chi connectivity index (χ1n) is 9.76. The summed E-state index contributed by atoms with van der Waals surface area (Å²) in [6.07, 6.45) is 28.5. The van der Waals surface area contributed by atoms with Gasteiger partial charge in [0.2, 0.25) is 0 Å². The Bertz CT molecular complexity index is 877. The Morgan fingerprint density at radius 1 is 1.00 bits per heavy atom. The van der Waals surface area contributed by atoms with Crippen molar-refractivity contribution >= 4 is 5.57 Å². The zero-order chi connectivity index (χ0) is 18.9. The van der Waals surface area contributed by atoms with Gasteiger partial charge in [0, 0.05) is 5.92 Å². The second-order valence-electron chi connectivity index (χ2n) is 6.94. The average molecular weight is 353 g/mol. The molecule has 0 aromatic heterocycles. The summed E-state index contributed by atoms with van der Waals surface area (Å²) in [4.78, 5) is 0. The Morgan fingerprint density at radius 2 is 1.85 bits per heavy atom. The lowest BCUT2D eigenvalue weighted by atomic mass is 9.80. The Kier molecular flexibility index (Phi) is 6.82. The number of benzene rings is 1. The fourth-order valence-electron chi connectivity index (χ4n) is 3.53. The van der Waals surface area contributed by atoms with E-state index in [1.807, 2.05) is 6.92 Å². The van der Waals surface area contributed by atoms with E-state index in [0.29, 0.717) is 5.92 Å². The van der Waals surface area contributed by atoms with Crippen LogP contribution < -0.4 is 0 Å². The molecular formula is C27H28. The standard InChI is InChI=1S/C27H28/c1-3-4-5-12-17-26(23-20-18-22(2)19-21-23)27(24-13-8-6-9-14-24)25-15-10-7-11-16-25/h3-15,17-20,23H,16,21H2,1-2H3/b4-3+,12-5-,26-17+,27-25-. The molecule has 0 saturated heterocycles. The summed E-state index contributed by atoms with van der Waals surface area (Å²) in [6, 6.07) is 10.8. The van der Waals surface area contributed by atoms with E-state index < -0.39 is 0 Å². The summed E-state index contributed by atoms with van der Waals surface area (Å²) in [7, 11) is 0. The van der Waals surface area contributed by atoms with Crippen molar-refractivity contribution in [3.05, 3.63) is 126 Å². The molecule has 1 unspecified atom stereocenters. The van der Waals surface area contributed by atoms with E-state index in [1.165, 1.54) is 27.9 Å². The molecule has 0 aliphatic heterocycles. The van der Waals surface area contributed by atoms with E-state index in [9.17, 15) is 0 Å². The van der Waals surface area contributed by atoms with Crippen LogP contribution in [0.3, 0.4) is 0 Å². The smallest absolute Gasteiger partial charge is 0.00621 e. The monoisotopic (exact) mass is 352 g/mol. The first kappa shape index (κ1) is 18.9. The van der Waals surface area contributed by atoms with Crippen LogP contribution in [0.4, 0.5) is 0 Å². The minimum Gasteiger partial charge on any atom is -0.0877 e. The molecule has 0 bridgehead atoms. The molecule has 3 rings (SSSR count). The van der Waals surface area contributed by atoms with Crippen LogP contribution in [0.2, 0.25) is 0 Å². The molecule has 1 atom stereocenters. The number of allylic oxidation sites excluding steroid dienone is 16. The van der Waals surface area contributed by atoms with Crippen LogP contribution in [-0.2, 0) is 0 Å². The molecule has 2 aliphatic carbocycles. The largest absolute Gasteiger partial charge is 0.0877 e. The zero-order valence-corrected chi connectivity index (χ0v) is 16.3. The van der Waals surface area contributed by atoms with Crippen LogP contribution in [0.1, 0.15) is 32.3 Å². The third-order valence-electron chi connectivity index (χ3n) is 4.93. The highest BCUT2D eigenvalue weighted by molar-refractivity contribution is 5.84. The lowest BCUT2D eigenvalue weighted by molar-refractivity contribution is 0.783. The summed E-state index contributed by atoms with van der Waals surface area (Å²) in [5.74, 6) is 0.394. The molecule has 0 radical (unpaired) electrons. The first-order valence-corrected chi connectivity index (χ1v) is 9.76. The summed E-state index contributed by atoms with van der Waals surface area (Å²) >= 11 is 0. The summed E-state index contributed by atoms with van der Waals surface area (Å²) in [5, 5.41) is 0. The van der Waals surface area contributed by atoms with Crippen molar-refractivity contribution in [2.45, 2.75) is 26.7 Å². The molecule has 27 heavy (non-hydrogen) atoms. The second kappa shape index (κ2) is 9.73. The Morgan fingerprint density at radius 3 is 2.52 bits per heavy atom. The van der Waals surface area contributed by atoms with Crippen molar-refractivity contribution < 1.29 is 0 Å². The first-order chi connectivity index (χ1) is 13.3. The maximum Gasteiger partial charge on any atom is 0.00621 e. The zero-order valence-electron chi connectivity index (χ0n) is 16.3. The maximum atomic E-state index is 2.36. The molecule has 0 saturated carbocycles. The molecule has 0 fully saturated rings. The van der Waals surface area contributed by atoms with E-state index in [2.05, 4.69) is 110 Å². The highest BCUT2D eigenvalue weighted by atomic mass is 14.2. The minimum atomic E-state index is 0.394. The lowest BCUT2D eigenvalue weighted by Gasteiger charge is -2.24. The number of hydrogen-bond donors (Lipinski definition) is 0. The van der Waals surface area contributed by atoms with Crippen molar-refractivity contribution in [2.75, 3.05) is 0 Å². The topological polar surface area (TPSA) is 0 Å². The van der Waals surface area contributed by atoms with Gasteiger partial charge in [-0.25, -0.2) is 0 Å². The predicted octanol–water partition coefficient (Wildman–Crippen LogP) is 7.54. The molecule has 0 amide bonds. The third-order valence-corrected chi connectivity index (χ3v) is 4.93. The highest BCUT2D eigenvalue weighted by Gasteiger charge is 2.20. The van der Waals surface area contributed by atoms with Crippen LogP contribution in [0, 0.1) is 5.92 Å². The van der Waals surface area contributed by atoms with Gasteiger partial charge < -0.3 is 0 Å². The Balaban J connectivity index is 2.12. The second-order valence-corrected chi connectivity index (χ2v) is 6.94. The van der Waals surface area contributed by atoms with E-state index in [0.717, 1.165) is 12.8 Å². The van der Waals surface area contributed by atoms with Gasteiger partial charge in [0.1, 0.15) is 0 Å². The van der Waals surface area contributed by atoms with Gasteiger partial charge in [-0.1, -0.05) is 109 Å². The molecule has 1 aromatic rings. The van der Waals surface area contributed by atoms with Crippen molar-refractivity contribution in [2.24, 2.45) is 5.92 Å². The summed E-state index contributed by atoms with van der Waals surface area (Å²) in [5.41, 5.74) is 6.78. The molecule has 0 N–H and O–H groups in total. The van der Waals surface area contributed by atoms with E-state index in [4.69, 9.17) is 0 Å². The van der Waals surface area contributed by atoms with Crippen molar-refractivity contribution in [3.63, 3.8) is 0 Å². The van der Waals surface area contributed by atoms with Gasteiger partial charge in [-0.3, -0.25) is 0 Å². The van der Waals surface area contributed by atoms with Crippen LogP contribution in [-0.4, -0.2) is 0 Å². The van der Waals surface area contributed by atoms with Gasteiger partial charge in [-0.05, 0) is 49.0 Å². The van der Waals surface area contributed by atoms with Crippen LogP contribution >= 0.6 is 0 Å². The van der Waals surface area contributed by atoms with E-state index in [-0.39, 0.29) is 0 Å². The van der Waals surface area contributed by atoms with Crippen LogP contribution in [0.5, 0.6) is 0 Å². The minimum absolute atomic E-state index is 0.394. The fourth-order valence-corrected chi connectivity index (χ4v) is 3.53. The average Bonchev–Trinajstić information content (AvgIpc) is 2.72. The molecule has 0 spiro atoms. The number of rotatable bonds is 5. The molecule has 2 aliphatic rings. The van der Waals surface area contributed by atoms with E-state index in [1.54, 1.807) is 0 Å². The van der Waals surface area contributed by atoms with Gasteiger partial charge in [-0.2, -0.15) is 0 Å². The molecule has 136 valence electrons. The van der Waals surface area contributed by atoms with Crippen LogP contribution in [0.15, 0.2) is 120 Å². The molecule has 1 aromatic carbocycles. The predicted molar refractivity (Wildman–Crippen MR) is 119 cm³/mol. The molecule has 0 heterocycles. The number of hydrogen-bond acceptors (Lipinski definition) is 0. The fraction of sp³-hybridized carbons (Fsp3) is 0.185. The van der Waals surface area contributed by atoms with Gasteiger partial charge in [0.25, 0.3) is 0 Å². The summed E-state index contributed by atoms with van der Waals surface area (Å²) in [6.45, 7) is 4.22. The quantitative estimate of drug-likeness (QED) is 0.480. The Hall–Kier alpha value is -2.86. The summed E-state index contributed by atoms with van der Waals surface area (Å²) < 4.78 is 0. The van der Waals surface area contributed by atoms with Gasteiger partial charge >= 0.3 is 0 Å². The maximum absolute atomic E-state index is 2.36. The normalized spacial score (nSPS) is 21.9. The SMILES string of the molecule is C/C=C/C=C\C=C(\C(=C1\C=CC=CC1)c1ccccc1)C1C=CC(C)=CC1. The third kappa shape index (κ3) is 5.08.